The van der Waals surface area contributed by atoms with Gasteiger partial charge in [0.15, 0.2) is 0 Å². The molecule has 1 unspecified atom stereocenters. The molecule has 0 amide bonds. The first-order valence-electron chi connectivity index (χ1n) is 6.63. The van der Waals surface area contributed by atoms with Crippen LogP contribution in [0.5, 0.6) is 0 Å². The number of likely N-dealkylation sites (N-methyl/N-ethyl adjacent to an activating group) is 1. The quantitative estimate of drug-likeness (QED) is 0.832. The lowest BCUT2D eigenvalue weighted by Crippen LogP contribution is -2.55. The van der Waals surface area contributed by atoms with Gasteiger partial charge in [-0.05, 0) is 31.7 Å². The van der Waals surface area contributed by atoms with Gasteiger partial charge in [-0.25, -0.2) is 4.39 Å². The topological polar surface area (TPSA) is 30.3 Å². The summed E-state index contributed by atoms with van der Waals surface area (Å²) < 4.78 is 13.2. The van der Waals surface area contributed by atoms with Crippen molar-refractivity contribution in [3.05, 3.63) is 35.6 Å². The van der Waals surface area contributed by atoms with Gasteiger partial charge in [0, 0.05) is 32.6 Å². The minimum absolute atomic E-state index is 0.240. The molecule has 0 aromatic heterocycles. The maximum atomic E-state index is 13.2. The molecule has 0 spiro atoms. The first-order valence-corrected chi connectivity index (χ1v) is 6.63. The molecule has 1 fully saturated rings. The van der Waals surface area contributed by atoms with Crippen molar-refractivity contribution in [1.82, 2.24) is 9.80 Å². The molecule has 1 heterocycles. The van der Waals surface area contributed by atoms with Gasteiger partial charge in [-0.3, -0.25) is 4.90 Å². The van der Waals surface area contributed by atoms with E-state index in [1.807, 2.05) is 13.0 Å². The Labute approximate surface area is 114 Å². The molecule has 1 aromatic carbocycles. The van der Waals surface area contributed by atoms with Crippen LogP contribution in [0.4, 0.5) is 4.39 Å². The van der Waals surface area contributed by atoms with E-state index in [2.05, 4.69) is 22.9 Å². The molecule has 1 atom stereocenters. The van der Waals surface area contributed by atoms with Crippen molar-refractivity contribution >= 4 is 0 Å². The Kier molecular flexibility index (Phi) is 4.18. The van der Waals surface area contributed by atoms with Gasteiger partial charge in [-0.15, -0.1) is 0 Å². The predicted molar refractivity (Wildman–Crippen MR) is 73.2 cm³/mol. The summed E-state index contributed by atoms with van der Waals surface area (Å²) in [5.41, 5.74) is 0.317. The molecular weight excluding hydrogens is 241 g/mol. The molecule has 2 rings (SSSR count). The Morgan fingerprint density at radius 3 is 2.58 bits per heavy atom. The highest BCUT2D eigenvalue weighted by atomic mass is 19.1. The Hall–Kier alpha value is -1.44. The summed E-state index contributed by atoms with van der Waals surface area (Å²) in [6, 6.07) is 8.95. The van der Waals surface area contributed by atoms with Gasteiger partial charge in [0.2, 0.25) is 0 Å². The van der Waals surface area contributed by atoms with Gasteiger partial charge in [0.25, 0.3) is 0 Å². The van der Waals surface area contributed by atoms with Gasteiger partial charge in [0.05, 0.1) is 6.07 Å². The van der Waals surface area contributed by atoms with Gasteiger partial charge in [0.1, 0.15) is 11.4 Å². The molecule has 1 aromatic rings. The van der Waals surface area contributed by atoms with Crippen molar-refractivity contribution < 1.29 is 4.39 Å². The average Bonchev–Trinajstić information content (AvgIpc) is 2.39. The van der Waals surface area contributed by atoms with Crippen LogP contribution in [0.2, 0.25) is 0 Å². The summed E-state index contributed by atoms with van der Waals surface area (Å²) in [7, 11) is 2.09. The lowest BCUT2D eigenvalue weighted by Gasteiger charge is -2.41. The number of nitrogens with zero attached hydrogens (tertiary/aromatic N) is 3. The third kappa shape index (κ3) is 3.31. The Bertz CT molecular complexity index is 475. The Balaban J connectivity index is 2.12. The highest BCUT2D eigenvalue weighted by molar-refractivity contribution is 5.22. The second kappa shape index (κ2) is 5.68. The molecule has 1 aliphatic rings. The standard InChI is InChI=1S/C15H20FN3/c1-15(12-17,19-8-6-18(2)7-9-19)11-13-4-3-5-14(16)10-13/h3-5,10H,6-9,11H2,1-2H3. The first-order chi connectivity index (χ1) is 9.03. The predicted octanol–water partition coefficient (Wildman–Crippen LogP) is 1.90. The van der Waals surface area contributed by atoms with Crippen molar-refractivity contribution in [3.63, 3.8) is 0 Å². The van der Waals surface area contributed by atoms with Gasteiger partial charge in [-0.2, -0.15) is 5.26 Å². The average molecular weight is 261 g/mol. The third-order valence-corrected chi connectivity index (χ3v) is 3.88. The number of piperazine rings is 1. The fraction of sp³-hybridized carbons (Fsp3) is 0.533. The largest absolute Gasteiger partial charge is 0.304 e. The molecule has 0 radical (unpaired) electrons. The second-order valence-corrected chi connectivity index (χ2v) is 5.48. The number of hydrogen-bond acceptors (Lipinski definition) is 3. The summed E-state index contributed by atoms with van der Waals surface area (Å²) in [6.07, 6.45) is 0.560. The second-order valence-electron chi connectivity index (χ2n) is 5.48. The lowest BCUT2D eigenvalue weighted by molar-refractivity contribution is 0.0835. The summed E-state index contributed by atoms with van der Waals surface area (Å²) in [6.45, 7) is 5.66. The fourth-order valence-corrected chi connectivity index (χ4v) is 2.57. The molecule has 0 N–H and O–H groups in total. The molecular formula is C15H20FN3. The minimum Gasteiger partial charge on any atom is -0.304 e. The fourth-order valence-electron chi connectivity index (χ4n) is 2.57. The van der Waals surface area contributed by atoms with Crippen LogP contribution in [0.25, 0.3) is 0 Å². The third-order valence-electron chi connectivity index (χ3n) is 3.88. The Morgan fingerprint density at radius 2 is 2.00 bits per heavy atom. The molecule has 1 saturated heterocycles. The van der Waals surface area contributed by atoms with Crippen LogP contribution in [0.1, 0.15) is 12.5 Å². The summed E-state index contributed by atoms with van der Waals surface area (Å²) >= 11 is 0. The van der Waals surface area contributed by atoms with Crippen molar-refractivity contribution in [3.8, 4) is 6.07 Å². The molecule has 0 bridgehead atoms. The van der Waals surface area contributed by atoms with Gasteiger partial charge < -0.3 is 4.90 Å². The maximum Gasteiger partial charge on any atom is 0.123 e. The zero-order valence-corrected chi connectivity index (χ0v) is 11.6. The highest BCUT2D eigenvalue weighted by Crippen LogP contribution is 2.22. The zero-order chi connectivity index (χ0) is 13.9. The van der Waals surface area contributed by atoms with Crippen molar-refractivity contribution in [2.45, 2.75) is 18.9 Å². The smallest absolute Gasteiger partial charge is 0.123 e. The van der Waals surface area contributed by atoms with Crippen molar-refractivity contribution in [1.29, 1.82) is 5.26 Å². The van der Waals surface area contributed by atoms with Gasteiger partial charge >= 0.3 is 0 Å². The van der Waals surface area contributed by atoms with Crippen molar-refractivity contribution in [2.24, 2.45) is 0 Å². The van der Waals surface area contributed by atoms with E-state index in [-0.39, 0.29) is 5.82 Å². The van der Waals surface area contributed by atoms with Crippen LogP contribution in [0, 0.1) is 17.1 Å². The zero-order valence-electron chi connectivity index (χ0n) is 11.6. The monoisotopic (exact) mass is 261 g/mol. The van der Waals surface area contributed by atoms with E-state index >= 15 is 0 Å². The van der Waals surface area contributed by atoms with Crippen LogP contribution < -0.4 is 0 Å². The lowest BCUT2D eigenvalue weighted by atomic mass is 9.91. The first kappa shape index (κ1) is 14.0. The minimum atomic E-state index is -0.560. The molecule has 0 saturated carbocycles. The molecule has 19 heavy (non-hydrogen) atoms. The Morgan fingerprint density at radius 1 is 1.32 bits per heavy atom. The number of hydrogen-bond donors (Lipinski definition) is 0. The maximum absolute atomic E-state index is 13.2. The van der Waals surface area contributed by atoms with E-state index in [1.165, 1.54) is 12.1 Å². The van der Waals surface area contributed by atoms with E-state index in [4.69, 9.17) is 0 Å². The number of rotatable bonds is 3. The van der Waals surface area contributed by atoms with Crippen LogP contribution in [0.3, 0.4) is 0 Å². The van der Waals surface area contributed by atoms with E-state index in [1.54, 1.807) is 6.07 Å². The molecule has 3 nitrogen and oxygen atoms in total. The van der Waals surface area contributed by atoms with Crippen LogP contribution in [0.15, 0.2) is 24.3 Å². The molecule has 102 valence electrons. The summed E-state index contributed by atoms with van der Waals surface area (Å²) in [5.74, 6) is -0.240. The normalized spacial score (nSPS) is 20.7. The highest BCUT2D eigenvalue weighted by Gasteiger charge is 2.33. The van der Waals surface area contributed by atoms with Crippen LogP contribution in [-0.4, -0.2) is 48.6 Å². The van der Waals surface area contributed by atoms with E-state index < -0.39 is 5.54 Å². The molecule has 0 aliphatic carbocycles. The summed E-state index contributed by atoms with van der Waals surface area (Å²) in [4.78, 5) is 4.47. The van der Waals surface area contributed by atoms with Gasteiger partial charge in [-0.1, -0.05) is 12.1 Å². The number of benzene rings is 1. The van der Waals surface area contributed by atoms with E-state index in [0.29, 0.717) is 6.42 Å². The molecule has 1 aliphatic heterocycles. The summed E-state index contributed by atoms with van der Waals surface area (Å²) in [5, 5.41) is 9.54. The van der Waals surface area contributed by atoms with E-state index in [9.17, 15) is 9.65 Å². The molecule has 4 heteroatoms. The van der Waals surface area contributed by atoms with E-state index in [0.717, 1.165) is 31.7 Å². The number of nitriles is 1. The van der Waals surface area contributed by atoms with Crippen LogP contribution >= 0.6 is 0 Å². The number of halogens is 1. The van der Waals surface area contributed by atoms with Crippen LogP contribution in [-0.2, 0) is 6.42 Å². The SMILES string of the molecule is CN1CCN(C(C)(C#N)Cc2cccc(F)c2)CC1. The van der Waals surface area contributed by atoms with Crippen molar-refractivity contribution in [2.75, 3.05) is 33.2 Å².